The third-order valence-electron chi connectivity index (χ3n) is 7.10. The molecule has 2 aromatic rings. The first kappa shape index (κ1) is 40.7. The zero-order valence-electron chi connectivity index (χ0n) is 28.1. The molecule has 1 heterocycles. The summed E-state index contributed by atoms with van der Waals surface area (Å²) >= 11 is 7.84. The molecule has 0 bridgehead atoms. The normalized spacial score (nSPS) is 16.0. The van der Waals surface area contributed by atoms with Gasteiger partial charge >= 0.3 is 17.8 Å². The molecule has 1 aromatic carbocycles. The van der Waals surface area contributed by atoms with Crippen LogP contribution < -0.4 is 11.2 Å². The third kappa shape index (κ3) is 11.0. The van der Waals surface area contributed by atoms with E-state index in [9.17, 15) is 37.5 Å². The summed E-state index contributed by atoms with van der Waals surface area (Å²) < 4.78 is 44.5. The Hall–Kier alpha value is -3.52. The van der Waals surface area contributed by atoms with Crippen LogP contribution in [0.2, 0.25) is 5.02 Å². The Bertz CT molecular complexity index is 1630. The number of rotatable bonds is 12. The smallest absolute Gasteiger partial charge is 0.431 e. The molecule has 0 aliphatic heterocycles. The lowest BCUT2D eigenvalue weighted by Crippen LogP contribution is -2.40. The van der Waals surface area contributed by atoms with Crippen LogP contribution in [0.25, 0.3) is 5.69 Å². The Kier molecular flexibility index (Phi) is 15.5. The van der Waals surface area contributed by atoms with E-state index >= 15 is 0 Å². The van der Waals surface area contributed by atoms with Gasteiger partial charge in [-0.3, -0.25) is 14.2 Å². The van der Waals surface area contributed by atoms with E-state index in [-0.39, 0.29) is 33.7 Å². The number of aromatic nitrogens is 2. The summed E-state index contributed by atoms with van der Waals surface area (Å²) in [5.74, 6) is 0.733. The van der Waals surface area contributed by atoms with Crippen molar-refractivity contribution in [3.63, 3.8) is 0 Å². The number of ether oxygens (including phenoxy) is 1. The van der Waals surface area contributed by atoms with Gasteiger partial charge in [-0.15, -0.1) is 0 Å². The highest BCUT2D eigenvalue weighted by molar-refractivity contribution is 7.99. The number of alkyl halides is 3. The standard InChI is InChI=1S/C17H29NO3S.C16H14ClF3N2O4/c1-5-8-14(18-21-6-2)17-15(19)10-13(11-16(17)20)9-12(4)22-7-3;1-8(2)26-14(24)10-6-9(4-5-11(10)17)22-13(23)7-12(16(18,19)20)21(3)15(22)25/h12-13,19H,5-11H2,1-4H3;4-8H,1-3H3. The molecule has 2 atom stereocenters. The van der Waals surface area contributed by atoms with Crippen molar-refractivity contribution in [2.24, 2.45) is 18.1 Å². The lowest BCUT2D eigenvalue weighted by molar-refractivity contribution is -0.144. The number of aliphatic hydroxyl groups excluding tert-OH is 1. The van der Waals surface area contributed by atoms with Gasteiger partial charge in [-0.1, -0.05) is 43.9 Å². The van der Waals surface area contributed by atoms with E-state index in [1.54, 1.807) is 13.8 Å². The molecule has 1 aromatic heterocycles. The maximum absolute atomic E-state index is 12.9. The Labute approximate surface area is 286 Å². The molecular formula is C33H43ClF3N3O7S. The highest BCUT2D eigenvalue weighted by Gasteiger charge is 2.35. The minimum absolute atomic E-state index is 0.00866. The number of allylic oxidation sites excluding steroid dienone is 2. The second kappa shape index (κ2) is 18.3. The van der Waals surface area contributed by atoms with Gasteiger partial charge in [0.25, 0.3) is 5.56 Å². The largest absolute Gasteiger partial charge is 0.511 e. The van der Waals surface area contributed by atoms with Gasteiger partial charge in [-0.2, -0.15) is 24.9 Å². The van der Waals surface area contributed by atoms with E-state index in [4.69, 9.17) is 21.2 Å². The number of aliphatic hydroxyl groups is 1. The Morgan fingerprint density at radius 2 is 1.79 bits per heavy atom. The summed E-state index contributed by atoms with van der Waals surface area (Å²) in [5.41, 5.74) is -3.00. The molecule has 15 heteroatoms. The molecule has 0 fully saturated rings. The van der Waals surface area contributed by atoms with Crippen molar-refractivity contribution < 1.29 is 37.4 Å². The predicted octanol–water partition coefficient (Wildman–Crippen LogP) is 7.28. The fourth-order valence-corrected chi connectivity index (χ4v) is 6.28. The van der Waals surface area contributed by atoms with Gasteiger partial charge < -0.3 is 14.7 Å². The quantitative estimate of drug-likeness (QED) is 0.138. The molecule has 1 aliphatic rings. The summed E-state index contributed by atoms with van der Waals surface area (Å²) in [6.07, 6.45) is -1.75. The van der Waals surface area contributed by atoms with Crippen LogP contribution in [-0.4, -0.2) is 55.4 Å². The Balaban J connectivity index is 0.000000339. The van der Waals surface area contributed by atoms with Crippen molar-refractivity contribution in [2.75, 3.05) is 12.4 Å². The minimum atomic E-state index is -4.86. The number of oxime groups is 1. The molecule has 2 unspecified atom stereocenters. The van der Waals surface area contributed by atoms with E-state index in [1.165, 1.54) is 12.1 Å². The maximum atomic E-state index is 12.9. The van der Waals surface area contributed by atoms with Crippen LogP contribution in [-0.2, 0) is 27.6 Å². The van der Waals surface area contributed by atoms with Crippen molar-refractivity contribution in [3.8, 4) is 5.69 Å². The van der Waals surface area contributed by atoms with Crippen molar-refractivity contribution in [1.82, 2.24) is 9.13 Å². The molecule has 0 spiro atoms. The van der Waals surface area contributed by atoms with Crippen LogP contribution in [0.5, 0.6) is 0 Å². The van der Waals surface area contributed by atoms with Crippen LogP contribution in [0, 0.1) is 5.92 Å². The highest BCUT2D eigenvalue weighted by atomic mass is 35.5. The Morgan fingerprint density at radius 3 is 2.33 bits per heavy atom. The number of thioether (sulfide) groups is 1. The summed E-state index contributed by atoms with van der Waals surface area (Å²) in [4.78, 5) is 54.0. The SMILES string of the molecule is CC(C)OC(=O)c1cc(-n2c(=O)cc(C(F)(F)F)n(C)c2=O)ccc1Cl.CCCC(=NOCC)C1=C(O)CC(CC(C)SCC)CC1=O. The predicted molar refractivity (Wildman–Crippen MR) is 181 cm³/mol. The monoisotopic (exact) mass is 717 g/mol. The van der Waals surface area contributed by atoms with Crippen LogP contribution in [0.4, 0.5) is 13.2 Å². The van der Waals surface area contributed by atoms with Crippen molar-refractivity contribution in [1.29, 1.82) is 0 Å². The number of carbonyl (C=O) groups is 2. The van der Waals surface area contributed by atoms with Crippen molar-refractivity contribution in [2.45, 2.75) is 91.2 Å². The molecule has 48 heavy (non-hydrogen) atoms. The average Bonchev–Trinajstić information content (AvgIpc) is 2.97. The zero-order valence-corrected chi connectivity index (χ0v) is 29.7. The van der Waals surface area contributed by atoms with Crippen LogP contribution in [0.3, 0.4) is 0 Å². The number of Topliss-reactive ketones (excluding diaryl/α,β-unsaturated/α-hetero) is 1. The lowest BCUT2D eigenvalue weighted by atomic mass is 9.82. The minimum Gasteiger partial charge on any atom is -0.511 e. The van der Waals surface area contributed by atoms with E-state index in [1.807, 2.05) is 25.6 Å². The molecule has 266 valence electrons. The topological polar surface area (TPSA) is 129 Å². The highest BCUT2D eigenvalue weighted by Crippen LogP contribution is 2.33. The molecule has 0 amide bonds. The molecular weight excluding hydrogens is 675 g/mol. The summed E-state index contributed by atoms with van der Waals surface area (Å²) in [7, 11) is 0.894. The average molecular weight is 718 g/mol. The first-order valence-electron chi connectivity index (χ1n) is 15.6. The zero-order chi connectivity index (χ0) is 36.3. The number of ketones is 1. The first-order valence-corrected chi connectivity index (χ1v) is 17.1. The number of hydrogen-bond acceptors (Lipinski definition) is 9. The molecule has 1 aliphatic carbocycles. The summed E-state index contributed by atoms with van der Waals surface area (Å²) in [5, 5.41) is 14.9. The van der Waals surface area contributed by atoms with Crippen LogP contribution in [0.15, 0.2) is 50.3 Å². The van der Waals surface area contributed by atoms with E-state index in [0.717, 1.165) is 31.7 Å². The lowest BCUT2D eigenvalue weighted by Gasteiger charge is -2.25. The fraction of sp³-hybridized carbons (Fsp3) is 0.545. The van der Waals surface area contributed by atoms with E-state index < -0.39 is 35.2 Å². The second-order valence-electron chi connectivity index (χ2n) is 11.4. The van der Waals surface area contributed by atoms with E-state index in [2.05, 4.69) is 19.0 Å². The molecule has 0 radical (unpaired) electrons. The first-order chi connectivity index (χ1) is 22.5. The maximum Gasteiger partial charge on any atom is 0.431 e. The van der Waals surface area contributed by atoms with Gasteiger partial charge in [0.15, 0.2) is 5.78 Å². The van der Waals surface area contributed by atoms with Gasteiger partial charge in [0, 0.05) is 31.2 Å². The van der Waals surface area contributed by atoms with Crippen molar-refractivity contribution in [3.05, 3.63) is 72.7 Å². The van der Waals surface area contributed by atoms with E-state index in [0.29, 0.717) is 57.6 Å². The van der Waals surface area contributed by atoms with Gasteiger partial charge in [0.05, 0.1) is 33.7 Å². The van der Waals surface area contributed by atoms with Crippen molar-refractivity contribution >= 4 is 40.8 Å². The number of nitrogens with zero attached hydrogens (tertiary/aromatic N) is 3. The number of benzene rings is 1. The summed E-state index contributed by atoms with van der Waals surface area (Å²) in [6, 6.07) is 3.91. The molecule has 0 saturated heterocycles. The van der Waals surface area contributed by atoms with Crippen LogP contribution >= 0.6 is 23.4 Å². The van der Waals surface area contributed by atoms with Gasteiger partial charge in [0.2, 0.25) is 0 Å². The number of halogens is 4. The third-order valence-corrected chi connectivity index (χ3v) is 8.52. The van der Waals surface area contributed by atoms with Gasteiger partial charge in [-0.25, -0.2) is 14.2 Å². The molecule has 1 N–H and O–H groups in total. The Morgan fingerprint density at radius 1 is 1.12 bits per heavy atom. The summed E-state index contributed by atoms with van der Waals surface area (Å²) in [6.45, 7) is 11.9. The fourth-order valence-electron chi connectivity index (χ4n) is 5.11. The van der Waals surface area contributed by atoms with Gasteiger partial charge in [-0.05, 0) is 63.5 Å². The second-order valence-corrected chi connectivity index (χ2v) is 13.5. The number of esters is 1. The number of carbonyl (C=O) groups excluding carboxylic acids is 2. The van der Waals surface area contributed by atoms with Gasteiger partial charge in [0.1, 0.15) is 18.1 Å². The molecule has 10 nitrogen and oxygen atoms in total. The number of hydrogen-bond donors (Lipinski definition) is 1. The molecule has 3 rings (SSSR count). The van der Waals surface area contributed by atoms with Crippen LogP contribution in [0.1, 0.15) is 89.7 Å². The molecule has 0 saturated carbocycles.